The summed E-state index contributed by atoms with van der Waals surface area (Å²) in [5.74, 6) is 0. The number of amides is 1. The number of nitrogens with zero attached hydrogens (tertiary/aromatic N) is 4. The molecule has 100 valence electrons. The minimum absolute atomic E-state index is 0.210. The van der Waals surface area contributed by atoms with E-state index in [-0.39, 0.29) is 6.09 Å². The maximum atomic E-state index is 11.5. The molecule has 7 nitrogen and oxygen atoms in total. The van der Waals surface area contributed by atoms with Gasteiger partial charge in [0, 0.05) is 25.7 Å². The van der Waals surface area contributed by atoms with E-state index in [1.807, 2.05) is 6.92 Å². The molecule has 1 saturated heterocycles. The van der Waals surface area contributed by atoms with Gasteiger partial charge in [-0.3, -0.25) is 4.68 Å². The van der Waals surface area contributed by atoms with Crippen molar-refractivity contribution in [1.29, 1.82) is 0 Å². The largest absolute Gasteiger partial charge is 0.450 e. The average molecular weight is 253 g/mol. The molecular weight excluding hydrogens is 234 g/mol. The van der Waals surface area contributed by atoms with Gasteiger partial charge in [0.1, 0.15) is 12.7 Å². The van der Waals surface area contributed by atoms with E-state index in [0.29, 0.717) is 12.6 Å². The maximum Gasteiger partial charge on any atom is 0.409 e. The van der Waals surface area contributed by atoms with E-state index in [9.17, 15) is 4.79 Å². The zero-order valence-corrected chi connectivity index (χ0v) is 10.6. The molecule has 1 atom stereocenters. The Kier molecular flexibility index (Phi) is 4.52. The molecule has 1 aliphatic rings. The number of rotatable bonds is 5. The zero-order chi connectivity index (χ0) is 12.8. The summed E-state index contributed by atoms with van der Waals surface area (Å²) in [6.45, 7) is 5.35. The van der Waals surface area contributed by atoms with Gasteiger partial charge in [0.25, 0.3) is 0 Å². The average Bonchev–Trinajstić information content (AvgIpc) is 3.00. The van der Waals surface area contributed by atoms with Gasteiger partial charge in [-0.2, -0.15) is 5.10 Å². The highest BCUT2D eigenvalue weighted by Crippen LogP contribution is 2.10. The van der Waals surface area contributed by atoms with Crippen LogP contribution in [0.5, 0.6) is 0 Å². The first-order chi connectivity index (χ1) is 8.79. The first-order valence-corrected chi connectivity index (χ1v) is 6.27. The molecule has 0 radical (unpaired) electrons. The Morgan fingerprint density at radius 1 is 1.61 bits per heavy atom. The van der Waals surface area contributed by atoms with Gasteiger partial charge in [0.15, 0.2) is 0 Å². The van der Waals surface area contributed by atoms with Crippen molar-refractivity contribution in [3.05, 3.63) is 12.7 Å². The third-order valence-electron chi connectivity index (χ3n) is 2.95. The Labute approximate surface area is 106 Å². The number of aromatic nitrogens is 3. The van der Waals surface area contributed by atoms with Crippen LogP contribution in [0.15, 0.2) is 12.7 Å². The van der Waals surface area contributed by atoms with Crippen LogP contribution in [0, 0.1) is 0 Å². The van der Waals surface area contributed by atoms with Crippen molar-refractivity contribution in [2.45, 2.75) is 25.9 Å². The number of nitrogens with one attached hydrogen (secondary N) is 1. The van der Waals surface area contributed by atoms with Gasteiger partial charge in [0.05, 0.1) is 13.2 Å². The molecule has 1 aliphatic heterocycles. The zero-order valence-electron chi connectivity index (χ0n) is 10.6. The van der Waals surface area contributed by atoms with E-state index in [0.717, 1.165) is 32.6 Å². The molecule has 0 bridgehead atoms. The number of hydrogen-bond donors (Lipinski definition) is 1. The molecule has 1 amide bonds. The van der Waals surface area contributed by atoms with Gasteiger partial charge in [-0.25, -0.2) is 9.78 Å². The second kappa shape index (κ2) is 6.34. The predicted octanol–water partition coefficient (Wildman–Crippen LogP) is 0.0985. The fraction of sp³-hybridized carbons (Fsp3) is 0.727. The fourth-order valence-corrected chi connectivity index (χ4v) is 2.04. The van der Waals surface area contributed by atoms with Crippen molar-refractivity contribution < 1.29 is 9.53 Å². The van der Waals surface area contributed by atoms with Crippen LogP contribution in [0.2, 0.25) is 0 Å². The molecule has 0 unspecified atom stereocenters. The highest BCUT2D eigenvalue weighted by molar-refractivity contribution is 5.68. The Morgan fingerprint density at radius 3 is 3.22 bits per heavy atom. The molecule has 0 saturated carbocycles. The van der Waals surface area contributed by atoms with Crippen molar-refractivity contribution in [1.82, 2.24) is 25.0 Å². The molecular formula is C11H19N5O2. The molecule has 1 aromatic heterocycles. The SMILES string of the molecule is CCOC(=O)N1CC[C@H](NCCn2cncn2)C1. The lowest BCUT2D eigenvalue weighted by atomic mass is 10.2. The first kappa shape index (κ1) is 12.8. The lowest BCUT2D eigenvalue weighted by molar-refractivity contribution is 0.115. The lowest BCUT2D eigenvalue weighted by Crippen LogP contribution is -2.36. The van der Waals surface area contributed by atoms with Crippen molar-refractivity contribution >= 4 is 6.09 Å². The van der Waals surface area contributed by atoms with E-state index < -0.39 is 0 Å². The summed E-state index contributed by atoms with van der Waals surface area (Å²) in [6, 6.07) is 0.345. The molecule has 0 aromatic carbocycles. The molecule has 0 aliphatic carbocycles. The molecule has 2 rings (SSSR count). The van der Waals surface area contributed by atoms with E-state index in [4.69, 9.17) is 4.74 Å². The Bertz CT molecular complexity index is 368. The summed E-state index contributed by atoms with van der Waals surface area (Å²) in [7, 11) is 0. The topological polar surface area (TPSA) is 72.3 Å². The van der Waals surface area contributed by atoms with Gasteiger partial charge in [-0.15, -0.1) is 0 Å². The van der Waals surface area contributed by atoms with Crippen molar-refractivity contribution in [2.75, 3.05) is 26.2 Å². The van der Waals surface area contributed by atoms with E-state index in [1.165, 1.54) is 6.33 Å². The second-order valence-corrected chi connectivity index (χ2v) is 4.24. The number of likely N-dealkylation sites (tertiary alicyclic amines) is 1. The van der Waals surface area contributed by atoms with Crippen LogP contribution in [0.4, 0.5) is 4.79 Å². The third-order valence-corrected chi connectivity index (χ3v) is 2.95. The molecule has 1 aromatic rings. The quantitative estimate of drug-likeness (QED) is 0.805. The maximum absolute atomic E-state index is 11.5. The molecule has 2 heterocycles. The van der Waals surface area contributed by atoms with Crippen LogP contribution < -0.4 is 5.32 Å². The normalized spacial score (nSPS) is 19.2. The molecule has 18 heavy (non-hydrogen) atoms. The summed E-state index contributed by atoms with van der Waals surface area (Å²) in [5.41, 5.74) is 0. The third kappa shape index (κ3) is 3.43. The molecule has 1 N–H and O–H groups in total. The minimum Gasteiger partial charge on any atom is -0.450 e. The van der Waals surface area contributed by atoms with Gasteiger partial charge in [-0.1, -0.05) is 0 Å². The Balaban J connectivity index is 1.65. The fourth-order valence-electron chi connectivity index (χ4n) is 2.04. The van der Waals surface area contributed by atoms with Gasteiger partial charge < -0.3 is 15.0 Å². The standard InChI is InChI=1S/C11H19N5O2/c1-2-18-11(17)15-5-3-10(7-15)13-4-6-16-9-12-8-14-16/h8-10,13H,2-7H2,1H3/t10-/m0/s1. The molecule has 1 fully saturated rings. The second-order valence-electron chi connectivity index (χ2n) is 4.24. The van der Waals surface area contributed by atoms with Crippen LogP contribution in [0.1, 0.15) is 13.3 Å². The van der Waals surface area contributed by atoms with E-state index >= 15 is 0 Å². The lowest BCUT2D eigenvalue weighted by Gasteiger charge is -2.16. The molecule has 0 spiro atoms. The number of carbonyl (C=O) groups excluding carboxylic acids is 1. The summed E-state index contributed by atoms with van der Waals surface area (Å²) >= 11 is 0. The number of ether oxygens (including phenoxy) is 1. The van der Waals surface area contributed by atoms with Gasteiger partial charge >= 0.3 is 6.09 Å². The highest BCUT2D eigenvalue weighted by Gasteiger charge is 2.26. The van der Waals surface area contributed by atoms with Crippen molar-refractivity contribution in [3.63, 3.8) is 0 Å². The highest BCUT2D eigenvalue weighted by atomic mass is 16.6. The van der Waals surface area contributed by atoms with E-state index in [1.54, 1.807) is 15.9 Å². The molecule has 7 heteroatoms. The Morgan fingerprint density at radius 2 is 2.50 bits per heavy atom. The smallest absolute Gasteiger partial charge is 0.409 e. The number of hydrogen-bond acceptors (Lipinski definition) is 5. The van der Waals surface area contributed by atoms with Crippen LogP contribution in [-0.4, -0.2) is 58.0 Å². The van der Waals surface area contributed by atoms with Crippen LogP contribution >= 0.6 is 0 Å². The summed E-state index contributed by atoms with van der Waals surface area (Å²) in [5, 5.41) is 7.44. The first-order valence-electron chi connectivity index (χ1n) is 6.27. The monoisotopic (exact) mass is 253 g/mol. The number of carbonyl (C=O) groups is 1. The van der Waals surface area contributed by atoms with Gasteiger partial charge in [0.2, 0.25) is 0 Å². The van der Waals surface area contributed by atoms with Crippen molar-refractivity contribution in [2.24, 2.45) is 0 Å². The van der Waals surface area contributed by atoms with Crippen LogP contribution in [-0.2, 0) is 11.3 Å². The summed E-state index contributed by atoms with van der Waals surface area (Å²) in [4.78, 5) is 17.1. The van der Waals surface area contributed by atoms with Crippen LogP contribution in [0.25, 0.3) is 0 Å². The Hall–Kier alpha value is -1.63. The van der Waals surface area contributed by atoms with Crippen molar-refractivity contribution in [3.8, 4) is 0 Å². The predicted molar refractivity (Wildman–Crippen MR) is 65.0 cm³/mol. The van der Waals surface area contributed by atoms with Crippen LogP contribution in [0.3, 0.4) is 0 Å². The van der Waals surface area contributed by atoms with Gasteiger partial charge in [-0.05, 0) is 13.3 Å². The minimum atomic E-state index is -0.210. The summed E-state index contributed by atoms with van der Waals surface area (Å²) < 4.78 is 6.76. The van der Waals surface area contributed by atoms with E-state index in [2.05, 4.69) is 15.4 Å². The summed E-state index contributed by atoms with van der Waals surface area (Å²) in [6.07, 6.45) is 3.98.